The van der Waals surface area contributed by atoms with Crippen molar-refractivity contribution < 1.29 is 9.47 Å². The van der Waals surface area contributed by atoms with E-state index in [2.05, 4.69) is 36.5 Å². The first-order valence-electron chi connectivity index (χ1n) is 7.90. The molecule has 1 fully saturated rings. The fraction of sp³-hybridized carbons (Fsp3) is 0.647. The van der Waals surface area contributed by atoms with Crippen LogP contribution >= 0.6 is 11.8 Å². The Morgan fingerprint density at radius 2 is 2.10 bits per heavy atom. The van der Waals surface area contributed by atoms with Crippen molar-refractivity contribution in [1.29, 1.82) is 0 Å². The molecule has 0 radical (unpaired) electrons. The van der Waals surface area contributed by atoms with Crippen LogP contribution in [0.5, 0.6) is 5.75 Å². The van der Waals surface area contributed by atoms with Gasteiger partial charge in [0.2, 0.25) is 0 Å². The molecule has 0 aromatic heterocycles. The first kappa shape index (κ1) is 16.7. The maximum absolute atomic E-state index is 5.97. The van der Waals surface area contributed by atoms with Crippen molar-refractivity contribution in [1.82, 2.24) is 5.32 Å². The quantitative estimate of drug-likeness (QED) is 0.833. The summed E-state index contributed by atoms with van der Waals surface area (Å²) in [5.41, 5.74) is 1.28. The third kappa shape index (κ3) is 5.20. The van der Waals surface area contributed by atoms with E-state index in [1.165, 1.54) is 5.56 Å². The minimum atomic E-state index is 0.211. The highest BCUT2D eigenvalue weighted by Crippen LogP contribution is 2.27. The van der Waals surface area contributed by atoms with E-state index in [0.717, 1.165) is 36.8 Å². The predicted octanol–water partition coefficient (Wildman–Crippen LogP) is 3.65. The summed E-state index contributed by atoms with van der Waals surface area (Å²) >= 11 is 1.98. The van der Waals surface area contributed by atoms with Gasteiger partial charge < -0.3 is 14.8 Å². The standard InChI is InChI=1S/C17H27NO2S/c1-4-9-18-17(16-12-21-11-10-19-16)14-5-7-15(8-6-14)20-13(2)3/h5-8,13,16-18H,4,9-12H2,1-3H3. The van der Waals surface area contributed by atoms with E-state index >= 15 is 0 Å². The summed E-state index contributed by atoms with van der Waals surface area (Å²) in [5.74, 6) is 3.10. The Hall–Kier alpha value is -0.710. The Bertz CT molecular complexity index is 402. The van der Waals surface area contributed by atoms with E-state index in [9.17, 15) is 0 Å². The molecule has 118 valence electrons. The molecule has 1 saturated heterocycles. The van der Waals surface area contributed by atoms with Gasteiger partial charge in [0.15, 0.2) is 0 Å². The van der Waals surface area contributed by atoms with Crippen molar-refractivity contribution in [2.24, 2.45) is 0 Å². The van der Waals surface area contributed by atoms with Crippen molar-refractivity contribution >= 4 is 11.8 Å². The average Bonchev–Trinajstić information content (AvgIpc) is 2.50. The SMILES string of the molecule is CCCNC(c1ccc(OC(C)C)cc1)C1CSCCO1. The molecule has 2 unspecified atom stereocenters. The lowest BCUT2D eigenvalue weighted by Gasteiger charge is -2.31. The van der Waals surface area contributed by atoms with Gasteiger partial charge in [0.05, 0.1) is 24.9 Å². The second-order valence-electron chi connectivity index (χ2n) is 5.65. The summed E-state index contributed by atoms with van der Waals surface area (Å²) in [6.07, 6.45) is 1.60. The van der Waals surface area contributed by atoms with Gasteiger partial charge in [-0.25, -0.2) is 0 Å². The number of hydrogen-bond donors (Lipinski definition) is 1. The van der Waals surface area contributed by atoms with Gasteiger partial charge in [0.1, 0.15) is 5.75 Å². The summed E-state index contributed by atoms with van der Waals surface area (Å²) < 4.78 is 11.7. The number of nitrogens with one attached hydrogen (secondary N) is 1. The molecular formula is C17H27NO2S. The van der Waals surface area contributed by atoms with Gasteiger partial charge in [-0.05, 0) is 44.5 Å². The molecule has 21 heavy (non-hydrogen) atoms. The Morgan fingerprint density at radius 1 is 1.33 bits per heavy atom. The third-order valence-electron chi connectivity index (χ3n) is 3.44. The Balaban J connectivity index is 2.07. The van der Waals surface area contributed by atoms with Gasteiger partial charge in [0.25, 0.3) is 0 Å². The molecule has 0 aliphatic carbocycles. The molecule has 1 N–H and O–H groups in total. The molecule has 0 saturated carbocycles. The van der Waals surface area contributed by atoms with Gasteiger partial charge in [-0.3, -0.25) is 0 Å². The average molecular weight is 309 g/mol. The van der Waals surface area contributed by atoms with Crippen LogP contribution in [0.3, 0.4) is 0 Å². The fourth-order valence-corrected chi connectivity index (χ4v) is 3.39. The molecule has 1 aliphatic heterocycles. The highest BCUT2D eigenvalue weighted by Gasteiger charge is 2.25. The van der Waals surface area contributed by atoms with E-state index in [1.807, 2.05) is 25.6 Å². The number of ether oxygens (including phenoxy) is 2. The Kier molecular flexibility index (Phi) is 6.87. The fourth-order valence-electron chi connectivity index (χ4n) is 2.49. The van der Waals surface area contributed by atoms with Crippen molar-refractivity contribution in [3.05, 3.63) is 29.8 Å². The second-order valence-corrected chi connectivity index (χ2v) is 6.80. The van der Waals surface area contributed by atoms with E-state index in [0.29, 0.717) is 0 Å². The number of hydrogen-bond acceptors (Lipinski definition) is 4. The van der Waals surface area contributed by atoms with Crippen molar-refractivity contribution in [2.45, 2.75) is 45.4 Å². The van der Waals surface area contributed by atoms with E-state index in [-0.39, 0.29) is 18.2 Å². The molecule has 4 heteroatoms. The molecule has 1 aromatic carbocycles. The van der Waals surface area contributed by atoms with Crippen LogP contribution in [-0.2, 0) is 4.74 Å². The lowest BCUT2D eigenvalue weighted by atomic mass is 10.0. The third-order valence-corrected chi connectivity index (χ3v) is 4.46. The second kappa shape index (κ2) is 8.66. The molecule has 1 heterocycles. The summed E-state index contributed by atoms with van der Waals surface area (Å²) in [7, 11) is 0. The van der Waals surface area contributed by atoms with Crippen LogP contribution in [0.1, 0.15) is 38.8 Å². The molecule has 1 aliphatic rings. The highest BCUT2D eigenvalue weighted by atomic mass is 32.2. The first-order valence-corrected chi connectivity index (χ1v) is 9.05. The van der Waals surface area contributed by atoms with Gasteiger partial charge in [0, 0.05) is 11.5 Å². The predicted molar refractivity (Wildman–Crippen MR) is 90.3 cm³/mol. The maximum atomic E-state index is 5.97. The van der Waals surface area contributed by atoms with Crippen LogP contribution in [0.25, 0.3) is 0 Å². The number of rotatable bonds is 7. The largest absolute Gasteiger partial charge is 0.491 e. The Morgan fingerprint density at radius 3 is 2.67 bits per heavy atom. The lowest BCUT2D eigenvalue weighted by molar-refractivity contribution is 0.0468. The molecule has 0 amide bonds. The van der Waals surface area contributed by atoms with Crippen molar-refractivity contribution in [2.75, 3.05) is 24.7 Å². The van der Waals surface area contributed by atoms with Gasteiger partial charge in [-0.2, -0.15) is 11.8 Å². The van der Waals surface area contributed by atoms with Crippen LogP contribution in [0.15, 0.2) is 24.3 Å². The Labute approximate surface area is 132 Å². The van der Waals surface area contributed by atoms with Crippen molar-refractivity contribution in [3.63, 3.8) is 0 Å². The van der Waals surface area contributed by atoms with Gasteiger partial charge in [-0.1, -0.05) is 19.1 Å². The zero-order valence-electron chi connectivity index (χ0n) is 13.3. The zero-order valence-corrected chi connectivity index (χ0v) is 14.1. The number of thioether (sulfide) groups is 1. The normalized spacial score (nSPS) is 20.5. The van der Waals surface area contributed by atoms with Crippen LogP contribution in [0.4, 0.5) is 0 Å². The minimum absolute atomic E-state index is 0.211. The highest BCUT2D eigenvalue weighted by molar-refractivity contribution is 7.99. The monoisotopic (exact) mass is 309 g/mol. The summed E-state index contributed by atoms with van der Waals surface area (Å²) in [6, 6.07) is 8.71. The summed E-state index contributed by atoms with van der Waals surface area (Å²) in [4.78, 5) is 0. The van der Waals surface area contributed by atoms with Crippen LogP contribution in [0.2, 0.25) is 0 Å². The van der Waals surface area contributed by atoms with Crippen LogP contribution in [-0.4, -0.2) is 36.9 Å². The topological polar surface area (TPSA) is 30.5 Å². The molecule has 0 spiro atoms. The van der Waals surface area contributed by atoms with Crippen molar-refractivity contribution in [3.8, 4) is 5.75 Å². The molecule has 2 atom stereocenters. The van der Waals surface area contributed by atoms with Gasteiger partial charge in [-0.15, -0.1) is 0 Å². The summed E-state index contributed by atoms with van der Waals surface area (Å²) in [6.45, 7) is 8.16. The zero-order chi connectivity index (χ0) is 15.1. The summed E-state index contributed by atoms with van der Waals surface area (Å²) in [5, 5.41) is 3.64. The van der Waals surface area contributed by atoms with E-state index in [1.54, 1.807) is 0 Å². The maximum Gasteiger partial charge on any atom is 0.119 e. The number of benzene rings is 1. The molecule has 0 bridgehead atoms. The van der Waals surface area contributed by atoms with Crippen LogP contribution < -0.4 is 10.1 Å². The molecular weight excluding hydrogens is 282 g/mol. The van der Waals surface area contributed by atoms with E-state index in [4.69, 9.17) is 9.47 Å². The molecule has 1 aromatic rings. The smallest absolute Gasteiger partial charge is 0.119 e. The molecule has 2 rings (SSSR count). The minimum Gasteiger partial charge on any atom is -0.491 e. The molecule has 3 nitrogen and oxygen atoms in total. The lowest BCUT2D eigenvalue weighted by Crippen LogP contribution is -2.38. The van der Waals surface area contributed by atoms with Gasteiger partial charge >= 0.3 is 0 Å². The van der Waals surface area contributed by atoms with Crippen LogP contribution in [0, 0.1) is 0 Å². The van der Waals surface area contributed by atoms with E-state index < -0.39 is 0 Å². The first-order chi connectivity index (χ1) is 10.2.